The summed E-state index contributed by atoms with van der Waals surface area (Å²) in [5.74, 6) is 0. The van der Waals surface area contributed by atoms with Crippen LogP contribution in [0, 0.1) is 0 Å². The van der Waals surface area contributed by atoms with Gasteiger partial charge in [0, 0.05) is 14.8 Å². The molecular weight excluding hydrogens is 296 g/mol. The molecule has 0 spiro atoms. The molecule has 0 saturated heterocycles. The van der Waals surface area contributed by atoms with Crippen LogP contribution < -0.4 is 0 Å². The molecule has 92 valence electrons. The van der Waals surface area contributed by atoms with E-state index in [0.29, 0.717) is 0 Å². The van der Waals surface area contributed by atoms with E-state index in [4.69, 9.17) is 11.6 Å². The van der Waals surface area contributed by atoms with Crippen LogP contribution in [0.3, 0.4) is 0 Å². The first-order valence-electron chi connectivity index (χ1n) is 6.11. The molecule has 0 nitrogen and oxygen atoms in total. The Bertz CT molecular complexity index is 440. The Hall–Kier alpha value is -0.270. The number of hydrogen-bond donors (Lipinski definition) is 0. The quantitative estimate of drug-likeness (QED) is 0.503. The fourth-order valence-corrected chi connectivity index (χ4v) is 3.80. The van der Waals surface area contributed by atoms with Gasteiger partial charge >= 0.3 is 0 Å². The van der Waals surface area contributed by atoms with Crippen molar-refractivity contribution in [2.75, 3.05) is 0 Å². The van der Waals surface area contributed by atoms with Gasteiger partial charge in [0.1, 0.15) is 0 Å². The topological polar surface area (TPSA) is 0 Å². The predicted octanol–water partition coefficient (Wildman–Crippen LogP) is 5.44. The molecule has 2 heteroatoms. The number of benzene rings is 1. The smallest absolute Gasteiger partial charge is 0.0489 e. The van der Waals surface area contributed by atoms with Gasteiger partial charge in [-0.2, -0.15) is 0 Å². The van der Waals surface area contributed by atoms with Crippen molar-refractivity contribution >= 4 is 27.5 Å². The molecule has 0 bridgehead atoms. The van der Waals surface area contributed by atoms with Gasteiger partial charge in [0.25, 0.3) is 0 Å². The summed E-state index contributed by atoms with van der Waals surface area (Å²) in [6.07, 6.45) is 7.53. The first-order chi connectivity index (χ1) is 7.99. The highest BCUT2D eigenvalue weighted by molar-refractivity contribution is 9.10. The van der Waals surface area contributed by atoms with Crippen LogP contribution in [0.1, 0.15) is 38.7 Å². The molecule has 1 aromatic carbocycles. The fraction of sp³-hybridized carbons (Fsp3) is 0.467. The second-order valence-corrected chi connectivity index (χ2v) is 6.84. The molecule has 0 heterocycles. The Morgan fingerprint density at radius 3 is 2.71 bits per heavy atom. The number of halogens is 2. The van der Waals surface area contributed by atoms with Crippen molar-refractivity contribution in [2.24, 2.45) is 0 Å². The predicted molar refractivity (Wildman–Crippen MR) is 78.7 cm³/mol. The summed E-state index contributed by atoms with van der Waals surface area (Å²) in [7, 11) is 0. The molecule has 17 heavy (non-hydrogen) atoms. The number of allylic oxidation sites excluding steroid dienone is 2. The largest absolute Gasteiger partial charge is 0.119 e. The Morgan fingerprint density at radius 1 is 1.35 bits per heavy atom. The molecule has 0 fully saturated rings. The molecule has 1 aliphatic carbocycles. The summed E-state index contributed by atoms with van der Waals surface area (Å²) in [4.78, 5) is -0.0845. The van der Waals surface area contributed by atoms with E-state index < -0.39 is 0 Å². The van der Waals surface area contributed by atoms with Gasteiger partial charge in [0.05, 0.1) is 0 Å². The molecule has 0 saturated carbocycles. The molecule has 1 aromatic rings. The Kier molecular flexibility index (Phi) is 3.70. The van der Waals surface area contributed by atoms with Crippen molar-refractivity contribution in [1.29, 1.82) is 0 Å². The Morgan fingerprint density at radius 2 is 2.06 bits per heavy atom. The second-order valence-electron chi connectivity index (χ2n) is 5.19. The maximum Gasteiger partial charge on any atom is 0.0489 e. The highest BCUT2D eigenvalue weighted by atomic mass is 79.9. The van der Waals surface area contributed by atoms with E-state index in [1.807, 2.05) is 0 Å². The zero-order valence-corrected chi connectivity index (χ0v) is 12.7. The minimum Gasteiger partial charge on any atom is -0.119 e. The lowest BCUT2D eigenvalue weighted by Gasteiger charge is -2.39. The van der Waals surface area contributed by atoms with Crippen molar-refractivity contribution in [2.45, 2.75) is 43.4 Å². The molecule has 0 aliphatic heterocycles. The normalized spacial score (nSPS) is 32.7. The first-order valence-corrected chi connectivity index (χ1v) is 7.28. The van der Waals surface area contributed by atoms with Crippen molar-refractivity contribution in [3.05, 3.63) is 46.5 Å². The average Bonchev–Trinajstić information content (AvgIpc) is 2.29. The molecule has 0 radical (unpaired) electrons. The lowest BCUT2D eigenvalue weighted by Crippen LogP contribution is -2.35. The van der Waals surface area contributed by atoms with Crippen LogP contribution in [0.2, 0.25) is 0 Å². The third kappa shape index (κ3) is 2.61. The number of hydrogen-bond acceptors (Lipinski definition) is 0. The van der Waals surface area contributed by atoms with E-state index in [1.165, 1.54) is 10.0 Å². The SMILES string of the molecule is CCC1(Cl)CC=CC(C)(c2ccccc2Br)C1. The van der Waals surface area contributed by atoms with E-state index in [2.05, 4.69) is 66.2 Å². The minimum absolute atomic E-state index is 0.0378. The minimum atomic E-state index is -0.0845. The lowest BCUT2D eigenvalue weighted by molar-refractivity contribution is 0.390. The third-order valence-electron chi connectivity index (χ3n) is 3.78. The Balaban J connectivity index is 2.41. The molecule has 1 aliphatic rings. The van der Waals surface area contributed by atoms with Gasteiger partial charge in [-0.15, -0.1) is 11.6 Å². The molecule has 2 atom stereocenters. The number of alkyl halides is 1. The van der Waals surface area contributed by atoms with Crippen LogP contribution in [0.5, 0.6) is 0 Å². The molecule has 2 rings (SSSR count). The molecule has 0 aromatic heterocycles. The maximum atomic E-state index is 6.68. The zero-order valence-electron chi connectivity index (χ0n) is 10.3. The van der Waals surface area contributed by atoms with Gasteiger partial charge in [0.2, 0.25) is 0 Å². The van der Waals surface area contributed by atoms with Crippen molar-refractivity contribution in [3.8, 4) is 0 Å². The Labute approximate surface area is 117 Å². The molecule has 0 N–H and O–H groups in total. The van der Waals surface area contributed by atoms with Crippen LogP contribution in [-0.4, -0.2) is 4.87 Å². The van der Waals surface area contributed by atoms with E-state index >= 15 is 0 Å². The van der Waals surface area contributed by atoms with Gasteiger partial charge < -0.3 is 0 Å². The monoisotopic (exact) mass is 312 g/mol. The summed E-state index contributed by atoms with van der Waals surface area (Å²) < 4.78 is 1.17. The van der Waals surface area contributed by atoms with E-state index in [0.717, 1.165) is 19.3 Å². The van der Waals surface area contributed by atoms with Crippen LogP contribution >= 0.6 is 27.5 Å². The summed E-state index contributed by atoms with van der Waals surface area (Å²) >= 11 is 10.3. The second kappa shape index (κ2) is 4.78. The molecule has 0 amide bonds. The summed E-state index contributed by atoms with van der Waals surface area (Å²) in [6.45, 7) is 4.45. The van der Waals surface area contributed by atoms with Crippen LogP contribution in [0.25, 0.3) is 0 Å². The van der Waals surface area contributed by atoms with E-state index in [9.17, 15) is 0 Å². The summed E-state index contributed by atoms with van der Waals surface area (Å²) in [5, 5.41) is 0. The third-order valence-corrected chi connectivity index (χ3v) is 5.02. The fourth-order valence-electron chi connectivity index (χ4n) is 2.70. The zero-order chi connectivity index (χ0) is 12.5. The van der Waals surface area contributed by atoms with E-state index in [1.54, 1.807) is 0 Å². The lowest BCUT2D eigenvalue weighted by atomic mass is 9.70. The molecular formula is C15H18BrCl. The van der Waals surface area contributed by atoms with Gasteiger partial charge in [-0.3, -0.25) is 0 Å². The summed E-state index contributed by atoms with van der Waals surface area (Å²) in [5.41, 5.74) is 1.37. The molecule has 2 unspecified atom stereocenters. The highest BCUT2D eigenvalue weighted by Crippen LogP contribution is 2.46. The standard InChI is InChI=1S/C15H18BrCl/c1-3-15(17)10-6-9-14(2,11-15)12-7-4-5-8-13(12)16/h4-9H,3,10-11H2,1-2H3. The number of rotatable bonds is 2. The van der Waals surface area contributed by atoms with Gasteiger partial charge in [-0.05, 0) is 30.9 Å². The van der Waals surface area contributed by atoms with Gasteiger partial charge in [-0.25, -0.2) is 0 Å². The van der Waals surface area contributed by atoms with Crippen molar-refractivity contribution in [3.63, 3.8) is 0 Å². The average molecular weight is 314 g/mol. The van der Waals surface area contributed by atoms with E-state index in [-0.39, 0.29) is 10.3 Å². The highest BCUT2D eigenvalue weighted by Gasteiger charge is 2.38. The maximum absolute atomic E-state index is 6.68. The van der Waals surface area contributed by atoms with Crippen LogP contribution in [0.4, 0.5) is 0 Å². The van der Waals surface area contributed by atoms with Gasteiger partial charge in [-0.1, -0.05) is 60.1 Å². The summed E-state index contributed by atoms with van der Waals surface area (Å²) in [6, 6.07) is 8.44. The van der Waals surface area contributed by atoms with Crippen LogP contribution in [0.15, 0.2) is 40.9 Å². The van der Waals surface area contributed by atoms with Crippen molar-refractivity contribution < 1.29 is 0 Å². The first kappa shape index (κ1) is 13.2. The van der Waals surface area contributed by atoms with Crippen LogP contribution in [-0.2, 0) is 5.41 Å². The van der Waals surface area contributed by atoms with Gasteiger partial charge in [0.15, 0.2) is 0 Å². The van der Waals surface area contributed by atoms with Crippen molar-refractivity contribution in [1.82, 2.24) is 0 Å².